The lowest BCUT2D eigenvalue weighted by Gasteiger charge is -2.38. The van der Waals surface area contributed by atoms with E-state index < -0.39 is 5.41 Å². The zero-order valence-electron chi connectivity index (χ0n) is 11.5. The molecule has 4 rings (SSSR count). The first kappa shape index (κ1) is 12.7. The van der Waals surface area contributed by atoms with Crippen LogP contribution in [0.3, 0.4) is 0 Å². The molecule has 0 atom stereocenters. The van der Waals surface area contributed by atoms with Crippen LogP contribution in [0.15, 0.2) is 48.7 Å². The average Bonchev–Trinajstić information content (AvgIpc) is 2.91. The molecule has 3 nitrogen and oxygen atoms in total. The molecule has 0 aliphatic heterocycles. The lowest BCUT2D eigenvalue weighted by molar-refractivity contribution is 0.0783. The van der Waals surface area contributed by atoms with Crippen LogP contribution in [0.4, 0.5) is 0 Å². The molecule has 21 heavy (non-hydrogen) atoms. The third-order valence-electron chi connectivity index (χ3n) is 4.24. The summed E-state index contributed by atoms with van der Waals surface area (Å²) in [5, 5.41) is 0.950. The van der Waals surface area contributed by atoms with E-state index >= 15 is 0 Å². The van der Waals surface area contributed by atoms with E-state index in [1.54, 1.807) is 23.6 Å². The summed E-state index contributed by atoms with van der Waals surface area (Å²) in [5.41, 5.74) is 1.09. The minimum Gasteiger partial charge on any atom is -0.291 e. The Morgan fingerprint density at radius 3 is 2.57 bits per heavy atom. The number of rotatable bonds is 3. The Balaban J connectivity index is 1.81. The van der Waals surface area contributed by atoms with Crippen LogP contribution in [0.1, 0.15) is 34.8 Å². The topological polar surface area (TPSA) is 42.9 Å². The molecular formula is C17H14N2OS. The SMILES string of the molecule is O=C(c1ccccn1)C1(c2nc3ccccc3s2)CCC1. The van der Waals surface area contributed by atoms with E-state index in [9.17, 15) is 4.79 Å². The summed E-state index contributed by atoms with van der Waals surface area (Å²) in [6.45, 7) is 0. The van der Waals surface area contributed by atoms with Crippen LogP contribution >= 0.6 is 11.3 Å². The second-order valence-corrected chi connectivity index (χ2v) is 6.50. The van der Waals surface area contributed by atoms with Crippen molar-refractivity contribution < 1.29 is 4.79 Å². The van der Waals surface area contributed by atoms with E-state index in [1.165, 1.54) is 0 Å². The highest BCUT2D eigenvalue weighted by atomic mass is 32.1. The summed E-state index contributed by atoms with van der Waals surface area (Å²) < 4.78 is 1.15. The zero-order chi connectivity index (χ0) is 14.3. The van der Waals surface area contributed by atoms with E-state index in [2.05, 4.69) is 11.1 Å². The van der Waals surface area contributed by atoms with E-state index in [0.29, 0.717) is 5.69 Å². The average molecular weight is 294 g/mol. The second kappa shape index (κ2) is 4.74. The highest BCUT2D eigenvalue weighted by Gasteiger charge is 2.48. The van der Waals surface area contributed by atoms with Crippen molar-refractivity contribution in [2.75, 3.05) is 0 Å². The van der Waals surface area contributed by atoms with Crippen LogP contribution in [0.2, 0.25) is 0 Å². The summed E-state index contributed by atoms with van der Waals surface area (Å²) in [6, 6.07) is 13.6. The zero-order valence-corrected chi connectivity index (χ0v) is 12.3. The van der Waals surface area contributed by atoms with Crippen LogP contribution in [0.25, 0.3) is 10.2 Å². The smallest absolute Gasteiger partial charge is 0.194 e. The van der Waals surface area contributed by atoms with Gasteiger partial charge in [0.1, 0.15) is 10.7 Å². The van der Waals surface area contributed by atoms with Crippen molar-refractivity contribution in [3.8, 4) is 0 Å². The standard InChI is InChI=1S/C17H14N2OS/c20-15(13-7-3-4-11-18-13)17(9-5-10-17)16-19-12-6-1-2-8-14(12)21-16/h1-4,6-8,11H,5,9-10H2. The maximum absolute atomic E-state index is 12.9. The summed E-state index contributed by atoms with van der Waals surface area (Å²) in [4.78, 5) is 21.9. The van der Waals surface area contributed by atoms with Gasteiger partial charge in [-0.2, -0.15) is 0 Å². The summed E-state index contributed by atoms with van der Waals surface area (Å²) in [5.74, 6) is 0.119. The number of pyridine rings is 1. The number of benzene rings is 1. The predicted molar refractivity (Wildman–Crippen MR) is 83.7 cm³/mol. The first-order chi connectivity index (χ1) is 10.3. The molecule has 3 aromatic rings. The number of Topliss-reactive ketones (excluding diaryl/α,β-unsaturated/α-hetero) is 1. The van der Waals surface area contributed by atoms with Gasteiger partial charge in [0.25, 0.3) is 0 Å². The molecule has 1 aliphatic rings. The van der Waals surface area contributed by atoms with Crippen molar-refractivity contribution in [2.45, 2.75) is 24.7 Å². The maximum atomic E-state index is 12.9. The fourth-order valence-electron chi connectivity index (χ4n) is 2.89. The van der Waals surface area contributed by atoms with Gasteiger partial charge >= 0.3 is 0 Å². The number of carbonyl (C=O) groups excluding carboxylic acids is 1. The van der Waals surface area contributed by atoms with Gasteiger partial charge in [0.15, 0.2) is 5.78 Å². The third kappa shape index (κ3) is 1.90. The van der Waals surface area contributed by atoms with Gasteiger partial charge in [-0.05, 0) is 37.1 Å². The normalized spacial score (nSPS) is 16.6. The highest BCUT2D eigenvalue weighted by molar-refractivity contribution is 7.18. The fraction of sp³-hybridized carbons (Fsp3) is 0.235. The first-order valence-electron chi connectivity index (χ1n) is 7.11. The van der Waals surface area contributed by atoms with Gasteiger partial charge in [0.2, 0.25) is 0 Å². The minimum atomic E-state index is -0.446. The van der Waals surface area contributed by atoms with E-state index in [0.717, 1.165) is 34.5 Å². The van der Waals surface area contributed by atoms with E-state index in [-0.39, 0.29) is 5.78 Å². The molecule has 0 radical (unpaired) electrons. The summed E-state index contributed by atoms with van der Waals surface area (Å²) >= 11 is 1.64. The largest absolute Gasteiger partial charge is 0.291 e. The molecule has 0 N–H and O–H groups in total. The van der Waals surface area contributed by atoms with Crippen LogP contribution in [-0.2, 0) is 5.41 Å². The van der Waals surface area contributed by atoms with E-state index in [4.69, 9.17) is 4.98 Å². The molecule has 0 bridgehead atoms. The Morgan fingerprint density at radius 2 is 1.90 bits per heavy atom. The Bertz CT molecular complexity index is 773. The number of hydrogen-bond acceptors (Lipinski definition) is 4. The quantitative estimate of drug-likeness (QED) is 0.686. The number of thiazole rings is 1. The Labute approximate surface area is 126 Å². The van der Waals surface area contributed by atoms with Crippen molar-refractivity contribution in [3.05, 3.63) is 59.4 Å². The molecule has 2 aromatic heterocycles. The number of hydrogen-bond donors (Lipinski definition) is 0. The van der Waals surface area contributed by atoms with Gasteiger partial charge in [-0.3, -0.25) is 9.78 Å². The number of fused-ring (bicyclic) bond motifs is 1. The van der Waals surface area contributed by atoms with Gasteiger partial charge in [0.05, 0.1) is 15.6 Å². The lowest BCUT2D eigenvalue weighted by Crippen LogP contribution is -2.42. The molecule has 1 aromatic carbocycles. The van der Waals surface area contributed by atoms with Crippen molar-refractivity contribution in [3.63, 3.8) is 0 Å². The van der Waals surface area contributed by atoms with Crippen molar-refractivity contribution in [1.29, 1.82) is 0 Å². The molecule has 4 heteroatoms. The van der Waals surface area contributed by atoms with E-state index in [1.807, 2.05) is 30.3 Å². The minimum absolute atomic E-state index is 0.119. The Hall–Kier alpha value is -2.07. The molecular weight excluding hydrogens is 280 g/mol. The van der Waals surface area contributed by atoms with Crippen LogP contribution in [-0.4, -0.2) is 15.8 Å². The van der Waals surface area contributed by atoms with Crippen molar-refractivity contribution in [2.24, 2.45) is 0 Å². The molecule has 0 unspecified atom stereocenters. The molecule has 2 heterocycles. The number of para-hydroxylation sites is 1. The van der Waals surface area contributed by atoms with Crippen molar-refractivity contribution in [1.82, 2.24) is 9.97 Å². The van der Waals surface area contributed by atoms with Gasteiger partial charge in [-0.25, -0.2) is 4.98 Å². The molecule has 0 spiro atoms. The molecule has 1 aliphatic carbocycles. The molecule has 1 saturated carbocycles. The molecule has 0 amide bonds. The molecule has 0 saturated heterocycles. The molecule has 104 valence electrons. The predicted octanol–water partition coefficient (Wildman–Crippen LogP) is 4.00. The lowest BCUT2D eigenvalue weighted by atomic mass is 9.65. The van der Waals surface area contributed by atoms with Gasteiger partial charge in [-0.15, -0.1) is 11.3 Å². The van der Waals surface area contributed by atoms with Crippen LogP contribution in [0.5, 0.6) is 0 Å². The number of ketones is 1. The Morgan fingerprint density at radius 1 is 1.10 bits per heavy atom. The van der Waals surface area contributed by atoms with Crippen molar-refractivity contribution >= 4 is 27.3 Å². The van der Waals surface area contributed by atoms with Gasteiger partial charge in [-0.1, -0.05) is 24.6 Å². The highest BCUT2D eigenvalue weighted by Crippen LogP contribution is 2.48. The fourth-order valence-corrected chi connectivity index (χ4v) is 4.10. The number of carbonyl (C=O) groups is 1. The van der Waals surface area contributed by atoms with Gasteiger partial charge in [0, 0.05) is 6.20 Å². The number of aromatic nitrogens is 2. The van der Waals surface area contributed by atoms with Gasteiger partial charge < -0.3 is 0 Å². The van der Waals surface area contributed by atoms with Crippen LogP contribution in [0, 0.1) is 0 Å². The molecule has 1 fully saturated rings. The second-order valence-electron chi connectivity index (χ2n) is 5.47. The summed E-state index contributed by atoms with van der Waals surface area (Å²) in [7, 11) is 0. The third-order valence-corrected chi connectivity index (χ3v) is 5.48. The van der Waals surface area contributed by atoms with Crippen LogP contribution < -0.4 is 0 Å². The number of nitrogens with zero attached hydrogens (tertiary/aromatic N) is 2. The monoisotopic (exact) mass is 294 g/mol. The summed E-state index contributed by atoms with van der Waals surface area (Å²) in [6.07, 6.45) is 4.51. The Kier molecular flexibility index (Phi) is 2.86. The maximum Gasteiger partial charge on any atom is 0.194 e. The first-order valence-corrected chi connectivity index (χ1v) is 7.93.